The summed E-state index contributed by atoms with van der Waals surface area (Å²) in [6, 6.07) is 0. The molecule has 0 amide bonds. The van der Waals surface area contributed by atoms with Crippen LogP contribution in [0.1, 0.15) is 33.6 Å². The zero-order valence-electron chi connectivity index (χ0n) is 9.04. The molecule has 0 saturated carbocycles. The lowest BCUT2D eigenvalue weighted by molar-refractivity contribution is -0.273. The summed E-state index contributed by atoms with van der Waals surface area (Å²) in [5.41, 5.74) is 0. The summed E-state index contributed by atoms with van der Waals surface area (Å²) < 4.78 is 15.8. The molecule has 1 rings (SSSR count). The highest BCUT2D eigenvalue weighted by Crippen LogP contribution is 2.23. The van der Waals surface area contributed by atoms with Gasteiger partial charge in [-0.3, -0.25) is 4.79 Å². The highest BCUT2D eigenvalue weighted by atomic mass is 16.7. The minimum Gasteiger partial charge on any atom is -0.466 e. The molecule has 1 aliphatic rings. The van der Waals surface area contributed by atoms with Crippen molar-refractivity contribution in [2.24, 2.45) is 0 Å². The third kappa shape index (κ3) is 3.64. The number of rotatable bonds is 3. The van der Waals surface area contributed by atoms with Crippen LogP contribution in [-0.4, -0.2) is 31.1 Å². The zero-order chi connectivity index (χ0) is 10.6. The van der Waals surface area contributed by atoms with Crippen LogP contribution >= 0.6 is 0 Å². The maximum atomic E-state index is 11.2. The van der Waals surface area contributed by atoms with Crippen molar-refractivity contribution in [2.75, 3.05) is 13.2 Å². The normalized spacial score (nSPS) is 25.8. The van der Waals surface area contributed by atoms with E-state index in [0.29, 0.717) is 19.6 Å². The van der Waals surface area contributed by atoms with Gasteiger partial charge in [0.05, 0.1) is 25.7 Å². The molecule has 1 atom stereocenters. The lowest BCUT2D eigenvalue weighted by Gasteiger charge is -2.35. The van der Waals surface area contributed by atoms with Gasteiger partial charge in [0, 0.05) is 0 Å². The fraction of sp³-hybridized carbons (Fsp3) is 0.900. The fourth-order valence-electron chi connectivity index (χ4n) is 1.48. The van der Waals surface area contributed by atoms with Crippen molar-refractivity contribution in [2.45, 2.75) is 45.5 Å². The van der Waals surface area contributed by atoms with Gasteiger partial charge in [-0.2, -0.15) is 0 Å². The van der Waals surface area contributed by atoms with Crippen LogP contribution in [0.3, 0.4) is 0 Å². The minimum absolute atomic E-state index is 0.0715. The Hall–Kier alpha value is -0.610. The molecule has 4 nitrogen and oxygen atoms in total. The van der Waals surface area contributed by atoms with Crippen LogP contribution in [0.2, 0.25) is 0 Å². The molecule has 0 aromatic carbocycles. The lowest BCUT2D eigenvalue weighted by Crippen LogP contribution is -2.40. The van der Waals surface area contributed by atoms with Crippen LogP contribution < -0.4 is 0 Å². The average molecular weight is 202 g/mol. The van der Waals surface area contributed by atoms with E-state index in [2.05, 4.69) is 0 Å². The second kappa shape index (κ2) is 4.75. The van der Waals surface area contributed by atoms with Crippen molar-refractivity contribution in [1.82, 2.24) is 0 Å². The molecule has 0 N–H and O–H groups in total. The first-order valence-electron chi connectivity index (χ1n) is 5.01. The van der Waals surface area contributed by atoms with Crippen molar-refractivity contribution in [3.63, 3.8) is 0 Å². The summed E-state index contributed by atoms with van der Waals surface area (Å²) >= 11 is 0. The fourth-order valence-corrected chi connectivity index (χ4v) is 1.48. The Morgan fingerprint density at radius 1 is 1.57 bits per heavy atom. The SMILES string of the molecule is CCOC(=O)C[C@H]1CCOC(C)(C)O1. The molecule has 82 valence electrons. The maximum Gasteiger partial charge on any atom is 0.308 e. The Bertz CT molecular complexity index is 200. The summed E-state index contributed by atoms with van der Waals surface area (Å²) in [7, 11) is 0. The summed E-state index contributed by atoms with van der Waals surface area (Å²) in [6.45, 7) is 6.56. The van der Waals surface area contributed by atoms with Gasteiger partial charge >= 0.3 is 5.97 Å². The van der Waals surface area contributed by atoms with Crippen LogP contribution in [0, 0.1) is 0 Å². The van der Waals surface area contributed by atoms with Crippen LogP contribution in [0.25, 0.3) is 0 Å². The van der Waals surface area contributed by atoms with Crippen molar-refractivity contribution >= 4 is 5.97 Å². The van der Waals surface area contributed by atoms with E-state index in [1.807, 2.05) is 13.8 Å². The predicted octanol–water partition coefficient (Wildman–Crippen LogP) is 1.48. The van der Waals surface area contributed by atoms with E-state index in [1.165, 1.54) is 0 Å². The highest BCUT2D eigenvalue weighted by Gasteiger charge is 2.30. The molecule has 0 bridgehead atoms. The molecule has 1 aliphatic heterocycles. The summed E-state index contributed by atoms with van der Waals surface area (Å²) in [5.74, 6) is -0.773. The van der Waals surface area contributed by atoms with E-state index < -0.39 is 5.79 Å². The first kappa shape index (κ1) is 11.5. The second-order valence-corrected chi connectivity index (χ2v) is 3.79. The standard InChI is InChI=1S/C10H18O4/c1-4-12-9(11)7-8-5-6-13-10(2,3)14-8/h8H,4-7H2,1-3H3/t8-/m1/s1. The summed E-state index contributed by atoms with van der Waals surface area (Å²) in [5, 5.41) is 0. The number of carbonyl (C=O) groups is 1. The van der Waals surface area contributed by atoms with Crippen molar-refractivity contribution < 1.29 is 19.0 Å². The first-order valence-corrected chi connectivity index (χ1v) is 5.01. The molecule has 14 heavy (non-hydrogen) atoms. The number of carbonyl (C=O) groups excluding carboxylic acids is 1. The Morgan fingerprint density at radius 2 is 2.29 bits per heavy atom. The molecular weight excluding hydrogens is 184 g/mol. The molecule has 1 heterocycles. The molecular formula is C10H18O4. The third-order valence-corrected chi connectivity index (χ3v) is 2.04. The molecule has 0 radical (unpaired) electrons. The monoisotopic (exact) mass is 202 g/mol. The van der Waals surface area contributed by atoms with Gasteiger partial charge in [0.15, 0.2) is 5.79 Å². The van der Waals surface area contributed by atoms with Crippen molar-refractivity contribution in [1.29, 1.82) is 0 Å². The van der Waals surface area contributed by atoms with E-state index in [9.17, 15) is 4.79 Å². The summed E-state index contributed by atoms with van der Waals surface area (Å²) in [4.78, 5) is 11.2. The third-order valence-electron chi connectivity index (χ3n) is 2.04. The van der Waals surface area contributed by atoms with E-state index in [0.717, 1.165) is 6.42 Å². The quantitative estimate of drug-likeness (QED) is 0.650. The van der Waals surface area contributed by atoms with Crippen LogP contribution in [0.5, 0.6) is 0 Å². The molecule has 0 aliphatic carbocycles. The van der Waals surface area contributed by atoms with E-state index in [1.54, 1.807) is 6.92 Å². The van der Waals surface area contributed by atoms with E-state index >= 15 is 0 Å². The highest BCUT2D eigenvalue weighted by molar-refractivity contribution is 5.69. The minimum atomic E-state index is -0.574. The van der Waals surface area contributed by atoms with Gasteiger partial charge in [-0.1, -0.05) is 0 Å². The zero-order valence-corrected chi connectivity index (χ0v) is 9.04. The van der Waals surface area contributed by atoms with Crippen molar-refractivity contribution in [3.8, 4) is 0 Å². The van der Waals surface area contributed by atoms with Gasteiger partial charge in [-0.05, 0) is 27.2 Å². The average Bonchev–Trinajstić information content (AvgIpc) is 2.02. The van der Waals surface area contributed by atoms with Gasteiger partial charge in [0.2, 0.25) is 0 Å². The summed E-state index contributed by atoms with van der Waals surface area (Å²) in [6.07, 6.45) is 1.00. The molecule has 4 heteroatoms. The molecule has 0 aromatic heterocycles. The van der Waals surface area contributed by atoms with Crippen molar-refractivity contribution in [3.05, 3.63) is 0 Å². The largest absolute Gasteiger partial charge is 0.466 e. The van der Waals surface area contributed by atoms with Gasteiger partial charge < -0.3 is 14.2 Å². The molecule has 0 spiro atoms. The maximum absolute atomic E-state index is 11.2. The van der Waals surface area contributed by atoms with Gasteiger partial charge in [0.1, 0.15) is 0 Å². The van der Waals surface area contributed by atoms with Crippen LogP contribution in [0.15, 0.2) is 0 Å². The second-order valence-electron chi connectivity index (χ2n) is 3.79. The van der Waals surface area contributed by atoms with E-state index in [4.69, 9.17) is 14.2 Å². The van der Waals surface area contributed by atoms with E-state index in [-0.39, 0.29) is 12.1 Å². The number of esters is 1. The molecule has 1 fully saturated rings. The van der Waals surface area contributed by atoms with Gasteiger partial charge in [0.25, 0.3) is 0 Å². The topological polar surface area (TPSA) is 44.8 Å². The Kier molecular flexibility index (Phi) is 3.89. The molecule has 1 saturated heterocycles. The molecule has 0 aromatic rings. The smallest absolute Gasteiger partial charge is 0.308 e. The van der Waals surface area contributed by atoms with Crippen LogP contribution in [0.4, 0.5) is 0 Å². The first-order chi connectivity index (χ1) is 6.53. The van der Waals surface area contributed by atoms with Gasteiger partial charge in [-0.25, -0.2) is 0 Å². The Morgan fingerprint density at radius 3 is 2.86 bits per heavy atom. The number of hydrogen-bond donors (Lipinski definition) is 0. The Balaban J connectivity index is 2.34. The molecule has 0 unspecified atom stereocenters. The van der Waals surface area contributed by atoms with Gasteiger partial charge in [-0.15, -0.1) is 0 Å². The lowest BCUT2D eigenvalue weighted by atomic mass is 10.1. The predicted molar refractivity (Wildman–Crippen MR) is 50.8 cm³/mol. The number of hydrogen-bond acceptors (Lipinski definition) is 4. The Labute approximate surface area is 84.5 Å². The number of ether oxygens (including phenoxy) is 3. The van der Waals surface area contributed by atoms with Crippen LogP contribution in [-0.2, 0) is 19.0 Å².